The van der Waals surface area contributed by atoms with Crippen molar-refractivity contribution in [1.29, 1.82) is 5.26 Å². The Kier molecular flexibility index (Phi) is 7.81. The van der Waals surface area contributed by atoms with Gasteiger partial charge in [-0.25, -0.2) is 4.79 Å². The molecule has 1 N–H and O–H groups in total. The summed E-state index contributed by atoms with van der Waals surface area (Å²) < 4.78 is 12.0. The standard InChI is InChI=1S/C24H16BrCl2NO4/c1-31-22-10-15(8-17(12-28)19-7-6-18(26)11-21(19)27)9-20(25)23(22)32-13-14-2-4-16(5-3-14)24(29)30/h2-11H,13H2,1H3,(H,29,30)/b17-8+. The number of carbonyl (C=O) groups is 1. The number of hydrogen-bond acceptors (Lipinski definition) is 4. The molecule has 0 aliphatic carbocycles. The molecule has 5 nitrogen and oxygen atoms in total. The molecular formula is C24H16BrCl2NO4. The number of rotatable bonds is 7. The molecule has 0 amide bonds. The first-order valence-electron chi connectivity index (χ1n) is 9.22. The Labute approximate surface area is 203 Å². The van der Waals surface area contributed by atoms with E-state index in [9.17, 15) is 10.1 Å². The van der Waals surface area contributed by atoms with E-state index in [1.165, 1.54) is 19.2 Å². The Morgan fingerprint density at radius 3 is 2.47 bits per heavy atom. The lowest BCUT2D eigenvalue weighted by molar-refractivity contribution is 0.0697. The molecule has 32 heavy (non-hydrogen) atoms. The third-order valence-corrected chi connectivity index (χ3v) is 5.63. The first-order chi connectivity index (χ1) is 15.3. The minimum absolute atomic E-state index is 0.206. The third kappa shape index (κ3) is 5.63. The van der Waals surface area contributed by atoms with Gasteiger partial charge in [0, 0.05) is 10.6 Å². The summed E-state index contributed by atoms with van der Waals surface area (Å²) in [5, 5.41) is 19.5. The predicted octanol–water partition coefficient (Wildman–Crippen LogP) is 7.11. The SMILES string of the molecule is COc1cc(/C=C(\C#N)c2ccc(Cl)cc2Cl)cc(Br)c1OCc1ccc(C(=O)O)cc1. The molecule has 3 aromatic rings. The van der Waals surface area contributed by atoms with E-state index in [4.69, 9.17) is 37.8 Å². The second-order valence-electron chi connectivity index (χ2n) is 6.62. The largest absolute Gasteiger partial charge is 0.493 e. The van der Waals surface area contributed by atoms with Gasteiger partial charge in [0.15, 0.2) is 11.5 Å². The Bertz CT molecular complexity index is 1230. The van der Waals surface area contributed by atoms with Crippen molar-refractivity contribution in [3.05, 3.63) is 91.4 Å². The van der Waals surface area contributed by atoms with Gasteiger partial charge in [-0.3, -0.25) is 0 Å². The van der Waals surface area contributed by atoms with Crippen LogP contribution in [0.25, 0.3) is 11.6 Å². The van der Waals surface area contributed by atoms with E-state index in [-0.39, 0.29) is 12.2 Å². The van der Waals surface area contributed by atoms with E-state index < -0.39 is 5.97 Å². The van der Waals surface area contributed by atoms with Crippen LogP contribution in [-0.2, 0) is 6.61 Å². The highest BCUT2D eigenvalue weighted by Crippen LogP contribution is 2.38. The molecule has 8 heteroatoms. The van der Waals surface area contributed by atoms with Gasteiger partial charge in [-0.05, 0) is 69.5 Å². The number of carboxylic acid groups (broad SMARTS) is 1. The lowest BCUT2D eigenvalue weighted by Gasteiger charge is -2.14. The van der Waals surface area contributed by atoms with Crippen LogP contribution in [0.15, 0.2) is 59.1 Å². The van der Waals surface area contributed by atoms with E-state index in [2.05, 4.69) is 22.0 Å². The number of carboxylic acids is 1. The predicted molar refractivity (Wildman–Crippen MR) is 128 cm³/mol. The Morgan fingerprint density at radius 2 is 1.88 bits per heavy atom. The lowest BCUT2D eigenvalue weighted by atomic mass is 10.0. The van der Waals surface area contributed by atoms with Crippen LogP contribution in [0.1, 0.15) is 27.0 Å². The molecule has 0 aromatic heterocycles. The van der Waals surface area contributed by atoms with Gasteiger partial charge in [0.05, 0.1) is 33.8 Å². The fraction of sp³-hybridized carbons (Fsp3) is 0.0833. The van der Waals surface area contributed by atoms with Crippen LogP contribution in [0, 0.1) is 11.3 Å². The number of benzene rings is 3. The van der Waals surface area contributed by atoms with Gasteiger partial charge in [0.2, 0.25) is 0 Å². The van der Waals surface area contributed by atoms with Crippen molar-refractivity contribution in [2.75, 3.05) is 7.11 Å². The van der Waals surface area contributed by atoms with E-state index in [0.29, 0.717) is 42.7 Å². The van der Waals surface area contributed by atoms with Crippen molar-refractivity contribution in [3.63, 3.8) is 0 Å². The molecule has 0 atom stereocenters. The Hall–Kier alpha value is -2.98. The van der Waals surface area contributed by atoms with Gasteiger partial charge in [0.1, 0.15) is 6.61 Å². The summed E-state index contributed by atoms with van der Waals surface area (Å²) in [6.07, 6.45) is 1.69. The van der Waals surface area contributed by atoms with Crippen molar-refractivity contribution < 1.29 is 19.4 Å². The Morgan fingerprint density at radius 1 is 1.16 bits per heavy atom. The Balaban J connectivity index is 1.87. The molecule has 0 spiro atoms. The van der Waals surface area contributed by atoms with Crippen LogP contribution in [-0.4, -0.2) is 18.2 Å². The zero-order valence-electron chi connectivity index (χ0n) is 16.7. The van der Waals surface area contributed by atoms with Crippen LogP contribution < -0.4 is 9.47 Å². The monoisotopic (exact) mass is 531 g/mol. The molecule has 0 bridgehead atoms. The minimum atomic E-state index is -0.984. The molecular weight excluding hydrogens is 517 g/mol. The van der Waals surface area contributed by atoms with Gasteiger partial charge < -0.3 is 14.6 Å². The van der Waals surface area contributed by atoms with Crippen LogP contribution in [0.4, 0.5) is 0 Å². The second-order valence-corrected chi connectivity index (χ2v) is 8.32. The van der Waals surface area contributed by atoms with Crippen molar-refractivity contribution in [2.24, 2.45) is 0 Å². The quantitative estimate of drug-likeness (QED) is 0.259. The number of methoxy groups -OCH3 is 1. The van der Waals surface area contributed by atoms with Crippen molar-refractivity contribution in [1.82, 2.24) is 0 Å². The molecule has 3 aromatic carbocycles. The number of halogens is 3. The molecule has 162 valence electrons. The van der Waals surface area contributed by atoms with Crippen LogP contribution in [0.3, 0.4) is 0 Å². The molecule has 0 saturated carbocycles. The smallest absolute Gasteiger partial charge is 0.335 e. The second kappa shape index (κ2) is 10.6. The van der Waals surface area contributed by atoms with Crippen molar-refractivity contribution in [3.8, 4) is 17.6 Å². The lowest BCUT2D eigenvalue weighted by Crippen LogP contribution is -2.01. The fourth-order valence-electron chi connectivity index (χ4n) is 2.91. The number of nitriles is 1. The van der Waals surface area contributed by atoms with E-state index in [1.807, 2.05) is 0 Å². The molecule has 0 aliphatic rings. The average Bonchev–Trinajstić information content (AvgIpc) is 2.77. The normalized spacial score (nSPS) is 11.0. The molecule has 0 unspecified atom stereocenters. The summed E-state index contributed by atoms with van der Waals surface area (Å²) >= 11 is 15.7. The molecule has 0 radical (unpaired) electrons. The minimum Gasteiger partial charge on any atom is -0.493 e. The highest BCUT2D eigenvalue weighted by molar-refractivity contribution is 9.10. The first-order valence-corrected chi connectivity index (χ1v) is 10.8. The highest BCUT2D eigenvalue weighted by Gasteiger charge is 2.14. The molecule has 3 rings (SSSR count). The van der Waals surface area contributed by atoms with E-state index in [1.54, 1.807) is 48.5 Å². The molecule has 0 heterocycles. The number of allylic oxidation sites excluding steroid dienone is 1. The zero-order chi connectivity index (χ0) is 23.3. The molecule has 0 aliphatic heterocycles. The highest BCUT2D eigenvalue weighted by atomic mass is 79.9. The van der Waals surface area contributed by atoms with Gasteiger partial charge >= 0.3 is 5.97 Å². The summed E-state index contributed by atoms with van der Waals surface area (Å²) in [5.41, 5.74) is 2.65. The van der Waals surface area contributed by atoms with Gasteiger partial charge in [-0.2, -0.15) is 5.26 Å². The number of nitrogens with zero attached hydrogens (tertiary/aromatic N) is 1. The van der Waals surface area contributed by atoms with Gasteiger partial charge in [-0.1, -0.05) is 41.4 Å². The number of ether oxygens (including phenoxy) is 2. The maximum absolute atomic E-state index is 11.0. The molecule has 0 saturated heterocycles. The van der Waals surface area contributed by atoms with Crippen LogP contribution >= 0.6 is 39.1 Å². The summed E-state index contributed by atoms with van der Waals surface area (Å²) in [5.74, 6) is -0.0376. The van der Waals surface area contributed by atoms with Crippen molar-refractivity contribution >= 4 is 56.8 Å². The van der Waals surface area contributed by atoms with Crippen molar-refractivity contribution in [2.45, 2.75) is 6.61 Å². The summed E-state index contributed by atoms with van der Waals surface area (Å²) in [6, 6.07) is 17.1. The third-order valence-electron chi connectivity index (χ3n) is 4.49. The maximum atomic E-state index is 11.0. The maximum Gasteiger partial charge on any atom is 0.335 e. The van der Waals surface area contributed by atoms with Gasteiger partial charge in [0.25, 0.3) is 0 Å². The molecule has 0 fully saturated rings. The average molecular weight is 533 g/mol. The summed E-state index contributed by atoms with van der Waals surface area (Å²) in [7, 11) is 1.52. The topological polar surface area (TPSA) is 79.5 Å². The van der Waals surface area contributed by atoms with Crippen LogP contribution in [0.2, 0.25) is 10.0 Å². The van der Waals surface area contributed by atoms with E-state index >= 15 is 0 Å². The fourth-order valence-corrected chi connectivity index (χ4v) is 3.99. The number of aromatic carboxylic acids is 1. The summed E-state index contributed by atoms with van der Waals surface area (Å²) in [6.45, 7) is 0.216. The van der Waals surface area contributed by atoms with Gasteiger partial charge in [-0.15, -0.1) is 0 Å². The van der Waals surface area contributed by atoms with E-state index in [0.717, 1.165) is 5.56 Å². The first kappa shape index (κ1) is 23.7. The summed E-state index contributed by atoms with van der Waals surface area (Å²) in [4.78, 5) is 11.0. The number of hydrogen-bond donors (Lipinski definition) is 1. The zero-order valence-corrected chi connectivity index (χ0v) is 19.8. The van der Waals surface area contributed by atoms with Crippen LogP contribution in [0.5, 0.6) is 11.5 Å².